The smallest absolute Gasteiger partial charge is 0.109 e. The summed E-state index contributed by atoms with van der Waals surface area (Å²) in [6.45, 7) is 0. The maximum Gasteiger partial charge on any atom is 0.167 e. The summed E-state index contributed by atoms with van der Waals surface area (Å²) in [5.41, 5.74) is 1.59. The van der Waals surface area contributed by atoms with Crippen molar-refractivity contribution in [3.63, 3.8) is 0 Å². The molecule has 0 saturated heterocycles. The van der Waals surface area contributed by atoms with E-state index in [9.17, 15) is 0 Å². The van der Waals surface area contributed by atoms with Crippen molar-refractivity contribution in [2.24, 2.45) is 11.8 Å². The summed E-state index contributed by atoms with van der Waals surface area (Å²) in [5.74, 6) is -2.54. The van der Waals surface area contributed by atoms with Crippen molar-refractivity contribution in [2.75, 3.05) is 0 Å². The first-order chi connectivity index (χ1) is 14.6. The van der Waals surface area contributed by atoms with Crippen LogP contribution in [0.5, 0.6) is 0 Å². The molecular weight excluding hydrogens is 666 g/mol. The first-order valence-corrected chi connectivity index (χ1v) is 13.9. The molecule has 6 rings (SSSR count). The van der Waals surface area contributed by atoms with E-state index in [0.717, 1.165) is 11.1 Å². The Morgan fingerprint density at radius 2 is 0.750 bits per heavy atom. The molecule has 1 aromatic rings. The van der Waals surface area contributed by atoms with Crippen LogP contribution in [-0.4, -0.2) is 28.2 Å². The summed E-state index contributed by atoms with van der Waals surface area (Å²) in [7, 11) is 0. The third-order valence-electron chi connectivity index (χ3n) is 8.04. The highest BCUT2D eigenvalue weighted by Crippen LogP contribution is 2.88. The first-order valence-electron chi connectivity index (χ1n) is 9.33. The van der Waals surface area contributed by atoms with Crippen molar-refractivity contribution >= 4 is 139 Å². The van der Waals surface area contributed by atoms with E-state index in [-0.39, 0.29) is 20.1 Å². The van der Waals surface area contributed by atoms with Gasteiger partial charge in [-0.2, -0.15) is 0 Å². The van der Waals surface area contributed by atoms with Gasteiger partial charge in [0.1, 0.15) is 19.5 Å². The Labute approximate surface area is 244 Å². The minimum atomic E-state index is -1.80. The number of allylic oxidation sites excluding steroid dienone is 4. The number of halogens is 12. The molecule has 0 radical (unpaired) electrons. The Morgan fingerprint density at radius 1 is 0.469 bits per heavy atom. The quantitative estimate of drug-likeness (QED) is 0.241. The number of hydrogen-bond donors (Lipinski definition) is 0. The Kier molecular flexibility index (Phi) is 5.05. The standard InChI is InChI=1S/C20H8Cl12/c21-11-13(23)17(27)9-7(15(11,25)19(17,29)30)5-3-1-2-4-6(5)8-10(9)18(28)14(24)12(22)16(8,26)20(18,31)32/h1-4,7-10H/t7-,8-,9-,10+,15+,16+,17+,18+/m1/s1. The third kappa shape index (κ3) is 2.00. The molecule has 0 heterocycles. The summed E-state index contributed by atoms with van der Waals surface area (Å²) < 4.78 is -3.60. The highest BCUT2D eigenvalue weighted by atomic mass is 35.5. The molecule has 0 aromatic heterocycles. The molecule has 0 aliphatic heterocycles. The van der Waals surface area contributed by atoms with Crippen LogP contribution >= 0.6 is 139 Å². The fraction of sp³-hybridized carbons (Fsp3) is 0.500. The van der Waals surface area contributed by atoms with Crippen LogP contribution in [0.1, 0.15) is 23.0 Å². The van der Waals surface area contributed by atoms with E-state index in [4.69, 9.17) is 139 Å². The molecule has 1 aromatic carbocycles. The van der Waals surface area contributed by atoms with E-state index in [1.54, 1.807) is 0 Å². The lowest BCUT2D eigenvalue weighted by Gasteiger charge is -2.52. The van der Waals surface area contributed by atoms with Gasteiger partial charge in [0.2, 0.25) is 0 Å². The highest BCUT2D eigenvalue weighted by molar-refractivity contribution is 6.67. The third-order valence-corrected chi connectivity index (χ3v) is 16.6. The Hall–Kier alpha value is 2.18. The van der Waals surface area contributed by atoms with E-state index in [2.05, 4.69) is 0 Å². The topological polar surface area (TPSA) is 0 Å². The van der Waals surface area contributed by atoms with Crippen LogP contribution in [0.15, 0.2) is 44.4 Å². The summed E-state index contributed by atoms with van der Waals surface area (Å²) in [6.07, 6.45) is 0. The highest BCUT2D eigenvalue weighted by Gasteiger charge is 2.91. The maximum atomic E-state index is 7.25. The fourth-order valence-corrected chi connectivity index (χ4v) is 12.9. The number of fused-ring (bicyclic) bond motifs is 14. The summed E-state index contributed by atoms with van der Waals surface area (Å²) in [6, 6.07) is 7.51. The molecule has 4 bridgehead atoms. The van der Waals surface area contributed by atoms with Gasteiger partial charge in [-0.15, -0.1) is 46.4 Å². The molecule has 0 spiro atoms. The molecule has 0 amide bonds. The molecule has 2 fully saturated rings. The predicted octanol–water partition coefficient (Wildman–Crippen LogP) is 9.79. The Balaban J connectivity index is 1.78. The van der Waals surface area contributed by atoms with Gasteiger partial charge in [-0.3, -0.25) is 0 Å². The van der Waals surface area contributed by atoms with Gasteiger partial charge < -0.3 is 0 Å². The van der Waals surface area contributed by atoms with Crippen molar-refractivity contribution in [1.82, 2.24) is 0 Å². The van der Waals surface area contributed by atoms with Crippen LogP contribution in [0, 0.1) is 11.8 Å². The predicted molar refractivity (Wildman–Crippen MR) is 140 cm³/mol. The minimum Gasteiger partial charge on any atom is -0.109 e. The second-order valence-corrected chi connectivity index (χ2v) is 15.4. The number of rotatable bonds is 0. The largest absolute Gasteiger partial charge is 0.167 e. The molecule has 32 heavy (non-hydrogen) atoms. The maximum absolute atomic E-state index is 7.25. The lowest BCUT2D eigenvalue weighted by atomic mass is 9.57. The molecule has 5 aliphatic rings. The van der Waals surface area contributed by atoms with E-state index >= 15 is 0 Å². The lowest BCUT2D eigenvalue weighted by Crippen LogP contribution is -2.53. The van der Waals surface area contributed by atoms with Gasteiger partial charge in [-0.25, -0.2) is 0 Å². The molecule has 0 nitrogen and oxygen atoms in total. The summed E-state index contributed by atoms with van der Waals surface area (Å²) in [4.78, 5) is -6.33. The van der Waals surface area contributed by atoms with Crippen LogP contribution in [0.25, 0.3) is 0 Å². The van der Waals surface area contributed by atoms with Crippen molar-refractivity contribution in [3.8, 4) is 0 Å². The Morgan fingerprint density at radius 3 is 1.06 bits per heavy atom. The monoisotopic (exact) mass is 668 g/mol. The normalized spacial score (nSPS) is 51.2. The molecule has 5 aliphatic carbocycles. The molecule has 0 unspecified atom stereocenters. The van der Waals surface area contributed by atoms with Gasteiger partial charge >= 0.3 is 0 Å². The van der Waals surface area contributed by atoms with Crippen LogP contribution < -0.4 is 0 Å². The van der Waals surface area contributed by atoms with Gasteiger partial charge in [-0.1, -0.05) is 117 Å². The number of benzene rings is 1. The Bertz CT molecular complexity index is 1100. The van der Waals surface area contributed by atoms with Crippen LogP contribution in [0.3, 0.4) is 0 Å². The summed E-state index contributed by atoms with van der Waals surface area (Å²) in [5, 5.41) is 0.274. The van der Waals surface area contributed by atoms with Crippen LogP contribution in [0.4, 0.5) is 0 Å². The van der Waals surface area contributed by atoms with E-state index in [1.807, 2.05) is 24.3 Å². The average Bonchev–Trinajstić information content (AvgIpc) is 3.08. The zero-order valence-electron chi connectivity index (χ0n) is 15.2. The zero-order valence-corrected chi connectivity index (χ0v) is 24.2. The van der Waals surface area contributed by atoms with Crippen molar-refractivity contribution in [3.05, 3.63) is 55.5 Å². The number of alkyl halides is 8. The van der Waals surface area contributed by atoms with E-state index in [1.165, 1.54) is 0 Å². The van der Waals surface area contributed by atoms with Gasteiger partial charge in [0.05, 0.1) is 20.1 Å². The molecule has 8 atom stereocenters. The molecule has 0 N–H and O–H groups in total. The zero-order chi connectivity index (χ0) is 23.6. The molecule has 12 heteroatoms. The molecular formula is C20H8Cl12. The van der Waals surface area contributed by atoms with Gasteiger partial charge in [0, 0.05) is 23.7 Å². The SMILES string of the molecule is ClC1=C(Cl)[C@@]2(Cl)[C@@H]3c4ccccc4[C@@H]4[C@H]([C@H]3[C@@]1(Cl)C2(Cl)Cl)[C@]1(Cl)C(Cl)=C(Cl)[C@]4(Cl)C1(Cl)Cl. The number of hydrogen-bond acceptors (Lipinski definition) is 0. The van der Waals surface area contributed by atoms with Crippen LogP contribution in [-0.2, 0) is 0 Å². The average molecular weight is 674 g/mol. The van der Waals surface area contributed by atoms with Gasteiger partial charge in [0.25, 0.3) is 0 Å². The van der Waals surface area contributed by atoms with E-state index in [0.29, 0.717) is 0 Å². The van der Waals surface area contributed by atoms with Crippen molar-refractivity contribution in [1.29, 1.82) is 0 Å². The first kappa shape index (κ1) is 24.5. The minimum absolute atomic E-state index is 0.0489. The summed E-state index contributed by atoms with van der Waals surface area (Å²) >= 11 is 83.3. The van der Waals surface area contributed by atoms with Crippen molar-refractivity contribution in [2.45, 2.75) is 40.0 Å². The fourth-order valence-electron chi connectivity index (χ4n) is 6.85. The van der Waals surface area contributed by atoms with Gasteiger partial charge in [0.15, 0.2) is 8.67 Å². The van der Waals surface area contributed by atoms with Crippen molar-refractivity contribution < 1.29 is 0 Å². The lowest BCUT2D eigenvalue weighted by molar-refractivity contribution is 0.201. The van der Waals surface area contributed by atoms with Gasteiger partial charge in [-0.05, 0) is 11.1 Å². The van der Waals surface area contributed by atoms with E-state index < -0.39 is 51.8 Å². The second-order valence-electron chi connectivity index (χ2n) is 8.89. The second kappa shape index (κ2) is 6.59. The molecule has 172 valence electrons. The van der Waals surface area contributed by atoms with Crippen LogP contribution in [0.2, 0.25) is 0 Å². The molecule has 2 saturated carbocycles.